The maximum atomic E-state index is 13.6. The molecule has 0 spiro atoms. The van der Waals surface area contributed by atoms with Crippen LogP contribution in [0.2, 0.25) is 0 Å². The zero-order valence-electron chi connectivity index (χ0n) is 17.6. The summed E-state index contributed by atoms with van der Waals surface area (Å²) in [4.78, 5) is 27.1. The fourth-order valence-electron chi connectivity index (χ4n) is 5.64. The Morgan fingerprint density at radius 1 is 1.17 bits per heavy atom. The van der Waals surface area contributed by atoms with Crippen LogP contribution in [0.25, 0.3) is 0 Å². The van der Waals surface area contributed by atoms with Crippen molar-refractivity contribution < 1.29 is 14.7 Å². The van der Waals surface area contributed by atoms with Gasteiger partial charge in [-0.15, -0.1) is 0 Å². The summed E-state index contributed by atoms with van der Waals surface area (Å²) in [5.41, 5.74) is 4.02. The van der Waals surface area contributed by atoms with Crippen LogP contribution >= 0.6 is 0 Å². The van der Waals surface area contributed by atoms with Crippen LogP contribution in [0, 0.1) is 5.41 Å². The second kappa shape index (κ2) is 6.24. The molecule has 3 N–H and O–H groups in total. The first-order valence-corrected chi connectivity index (χ1v) is 10.5. The van der Waals surface area contributed by atoms with Gasteiger partial charge in [0.1, 0.15) is 5.75 Å². The summed E-state index contributed by atoms with van der Waals surface area (Å²) in [5, 5.41) is 16.4. The number of phenols is 1. The molecule has 6 nitrogen and oxygen atoms in total. The van der Waals surface area contributed by atoms with E-state index in [-0.39, 0.29) is 35.2 Å². The van der Waals surface area contributed by atoms with Crippen molar-refractivity contribution in [2.24, 2.45) is 5.41 Å². The number of likely N-dealkylation sites (tertiary alicyclic amines) is 1. The first kappa shape index (κ1) is 19.0. The van der Waals surface area contributed by atoms with Gasteiger partial charge in [0.05, 0.1) is 17.9 Å². The lowest BCUT2D eigenvalue weighted by Gasteiger charge is -2.60. The van der Waals surface area contributed by atoms with Crippen molar-refractivity contribution in [2.45, 2.75) is 45.1 Å². The largest absolute Gasteiger partial charge is 0.508 e. The maximum absolute atomic E-state index is 13.6. The molecule has 5 rings (SSSR count). The van der Waals surface area contributed by atoms with E-state index in [2.05, 4.69) is 37.5 Å². The normalized spacial score (nSPS) is 26.2. The number of anilines is 2. The van der Waals surface area contributed by atoms with Crippen molar-refractivity contribution in [3.8, 4) is 5.75 Å². The third-order valence-corrected chi connectivity index (χ3v) is 7.87. The average molecular weight is 405 g/mol. The highest BCUT2D eigenvalue weighted by atomic mass is 16.3. The molecule has 0 aromatic heterocycles. The van der Waals surface area contributed by atoms with Crippen molar-refractivity contribution in [1.29, 1.82) is 0 Å². The fraction of sp³-hybridized carbons (Fsp3) is 0.417. The lowest BCUT2D eigenvalue weighted by atomic mass is 9.51. The molecule has 0 radical (unpaired) electrons. The van der Waals surface area contributed by atoms with Crippen LogP contribution in [0.5, 0.6) is 5.75 Å². The zero-order chi connectivity index (χ0) is 21.3. The third kappa shape index (κ3) is 2.49. The minimum Gasteiger partial charge on any atom is -0.508 e. The number of phenolic OH excluding ortho intramolecular Hbond substituents is 1. The molecule has 2 aromatic carbocycles. The highest BCUT2D eigenvalue weighted by Gasteiger charge is 2.57. The predicted molar refractivity (Wildman–Crippen MR) is 116 cm³/mol. The van der Waals surface area contributed by atoms with E-state index in [1.807, 2.05) is 17.0 Å². The van der Waals surface area contributed by atoms with E-state index in [9.17, 15) is 14.7 Å². The number of nitrogens with one attached hydrogen (secondary N) is 2. The number of rotatable bonds is 1. The smallest absolute Gasteiger partial charge is 0.254 e. The molecule has 1 aliphatic carbocycles. The first-order chi connectivity index (χ1) is 14.2. The lowest BCUT2D eigenvalue weighted by Crippen LogP contribution is -2.64. The van der Waals surface area contributed by atoms with E-state index < -0.39 is 0 Å². The van der Waals surface area contributed by atoms with Gasteiger partial charge in [0.2, 0.25) is 5.91 Å². The number of amides is 2. The Morgan fingerprint density at radius 3 is 2.77 bits per heavy atom. The van der Waals surface area contributed by atoms with E-state index in [1.165, 1.54) is 5.56 Å². The first-order valence-electron chi connectivity index (χ1n) is 10.5. The molecule has 2 bridgehead atoms. The quantitative estimate of drug-likeness (QED) is 0.678. The van der Waals surface area contributed by atoms with E-state index in [0.29, 0.717) is 30.0 Å². The molecule has 1 fully saturated rings. The van der Waals surface area contributed by atoms with Crippen LogP contribution in [-0.2, 0) is 16.6 Å². The van der Waals surface area contributed by atoms with Gasteiger partial charge in [0.25, 0.3) is 5.91 Å². The van der Waals surface area contributed by atoms with Crippen LogP contribution in [0.3, 0.4) is 0 Å². The molecule has 2 heterocycles. The SMILES string of the molecule is CC1(C)[C@H]2Cc3c(O)cccc3[C@]1(C)CCN2C(=O)c1ccc2c(c1)NCC(=O)N2. The number of hydrogen-bond acceptors (Lipinski definition) is 4. The van der Waals surface area contributed by atoms with Crippen LogP contribution in [0.1, 0.15) is 48.7 Å². The standard InChI is InChI=1S/C24H27N3O3/c1-23(2)20-12-15-16(5-4-6-19(15)28)24(23,3)9-10-27(20)22(30)14-7-8-17-18(11-14)25-13-21(29)26-17/h4-8,11,20,25,28H,9-10,12-13H2,1-3H3,(H,26,29)/t20-,24+/m1/s1. The Bertz CT molecular complexity index is 1080. The molecule has 30 heavy (non-hydrogen) atoms. The topological polar surface area (TPSA) is 81.7 Å². The number of aromatic hydroxyl groups is 1. The van der Waals surface area contributed by atoms with Crippen molar-refractivity contribution in [1.82, 2.24) is 4.90 Å². The number of carbonyl (C=O) groups is 2. The summed E-state index contributed by atoms with van der Waals surface area (Å²) < 4.78 is 0. The van der Waals surface area contributed by atoms with Crippen LogP contribution in [0.15, 0.2) is 36.4 Å². The number of nitrogens with zero attached hydrogens (tertiary/aromatic N) is 1. The number of carbonyl (C=O) groups excluding carboxylic acids is 2. The minimum atomic E-state index is -0.137. The van der Waals surface area contributed by atoms with Gasteiger partial charge < -0.3 is 20.6 Å². The molecule has 2 aliphatic heterocycles. The van der Waals surface area contributed by atoms with Gasteiger partial charge in [-0.25, -0.2) is 0 Å². The van der Waals surface area contributed by atoms with Crippen LogP contribution < -0.4 is 10.6 Å². The minimum absolute atomic E-state index is 0.00417. The van der Waals surface area contributed by atoms with Gasteiger partial charge in [0, 0.05) is 23.6 Å². The Labute approximate surface area is 176 Å². The number of benzene rings is 2. The van der Waals surface area contributed by atoms with E-state index >= 15 is 0 Å². The summed E-state index contributed by atoms with van der Waals surface area (Å²) in [7, 11) is 0. The van der Waals surface area contributed by atoms with E-state index in [1.54, 1.807) is 18.2 Å². The monoisotopic (exact) mass is 405 g/mol. The number of fused-ring (bicyclic) bond motifs is 5. The molecule has 2 atom stereocenters. The highest BCUT2D eigenvalue weighted by molar-refractivity contribution is 6.03. The van der Waals surface area contributed by atoms with Gasteiger partial charge in [-0.3, -0.25) is 9.59 Å². The molecule has 1 saturated heterocycles. The molecular formula is C24H27N3O3. The molecule has 2 amide bonds. The fourth-order valence-corrected chi connectivity index (χ4v) is 5.64. The molecule has 0 unspecified atom stereocenters. The van der Waals surface area contributed by atoms with Gasteiger partial charge in [-0.1, -0.05) is 32.9 Å². The molecule has 3 aliphatic rings. The zero-order valence-corrected chi connectivity index (χ0v) is 17.6. The second-order valence-electron chi connectivity index (χ2n) is 9.49. The Morgan fingerprint density at radius 2 is 1.97 bits per heavy atom. The summed E-state index contributed by atoms with van der Waals surface area (Å²) in [5.74, 6) is 0.233. The second-order valence-corrected chi connectivity index (χ2v) is 9.49. The number of hydrogen-bond donors (Lipinski definition) is 3. The van der Waals surface area contributed by atoms with Gasteiger partial charge in [-0.05, 0) is 53.6 Å². The Balaban J connectivity index is 1.52. The maximum Gasteiger partial charge on any atom is 0.254 e. The molecule has 6 heteroatoms. The molecule has 2 aromatic rings. The van der Waals surface area contributed by atoms with Crippen molar-refractivity contribution >= 4 is 23.2 Å². The predicted octanol–water partition coefficient (Wildman–Crippen LogP) is 3.51. The summed E-state index contributed by atoms with van der Waals surface area (Å²) in [6.07, 6.45) is 1.49. The van der Waals surface area contributed by atoms with Gasteiger partial charge in [-0.2, -0.15) is 0 Å². The molecule has 156 valence electrons. The van der Waals surface area contributed by atoms with E-state index in [0.717, 1.165) is 17.7 Å². The summed E-state index contributed by atoms with van der Waals surface area (Å²) in [6.45, 7) is 7.64. The summed E-state index contributed by atoms with van der Waals surface area (Å²) in [6, 6.07) is 11.2. The van der Waals surface area contributed by atoms with E-state index in [4.69, 9.17) is 0 Å². The van der Waals surface area contributed by atoms with Crippen LogP contribution in [-0.4, -0.2) is 41.0 Å². The average Bonchev–Trinajstić information content (AvgIpc) is 2.70. The highest BCUT2D eigenvalue weighted by Crippen LogP contribution is 2.57. The third-order valence-electron chi connectivity index (χ3n) is 7.87. The van der Waals surface area contributed by atoms with Crippen LogP contribution in [0.4, 0.5) is 11.4 Å². The van der Waals surface area contributed by atoms with Crippen molar-refractivity contribution in [2.75, 3.05) is 23.7 Å². The van der Waals surface area contributed by atoms with Gasteiger partial charge in [0.15, 0.2) is 0 Å². The number of piperidine rings is 1. The lowest BCUT2D eigenvalue weighted by molar-refractivity contribution is -0.114. The Kier molecular flexibility index (Phi) is 3.95. The van der Waals surface area contributed by atoms with Crippen molar-refractivity contribution in [3.05, 3.63) is 53.1 Å². The Hall–Kier alpha value is -3.02. The molecule has 0 saturated carbocycles. The summed E-state index contributed by atoms with van der Waals surface area (Å²) >= 11 is 0. The molecular weight excluding hydrogens is 378 g/mol. The van der Waals surface area contributed by atoms with Gasteiger partial charge >= 0.3 is 0 Å². The van der Waals surface area contributed by atoms with Crippen molar-refractivity contribution in [3.63, 3.8) is 0 Å².